The number of nitrogens with two attached hydrogens (primary N) is 1. The Hall–Kier alpha value is -2.64. The van der Waals surface area contributed by atoms with Gasteiger partial charge in [-0.3, -0.25) is 0 Å². The molecule has 4 nitrogen and oxygen atoms in total. The molecular formula is C13H8F4N2O2. The number of rotatable bonds is 2. The highest BCUT2D eigenvalue weighted by Crippen LogP contribution is 2.35. The Bertz CT molecular complexity index is 714. The number of alkyl halides is 3. The Kier molecular flexibility index (Phi) is 3.54. The molecule has 0 saturated heterocycles. The van der Waals surface area contributed by atoms with Crippen LogP contribution < -0.4 is 5.73 Å². The third kappa shape index (κ3) is 2.93. The van der Waals surface area contributed by atoms with Crippen molar-refractivity contribution in [2.45, 2.75) is 6.18 Å². The van der Waals surface area contributed by atoms with Gasteiger partial charge in [-0.15, -0.1) is 0 Å². The topological polar surface area (TPSA) is 76.2 Å². The third-order valence-corrected chi connectivity index (χ3v) is 2.70. The molecule has 110 valence electrons. The molecule has 1 aromatic heterocycles. The molecule has 0 aliphatic rings. The van der Waals surface area contributed by atoms with Gasteiger partial charge in [0.25, 0.3) is 0 Å². The maximum Gasteiger partial charge on any atom is 0.419 e. The summed E-state index contributed by atoms with van der Waals surface area (Å²) in [7, 11) is 0. The number of carboxylic acids is 1. The molecular weight excluding hydrogens is 292 g/mol. The van der Waals surface area contributed by atoms with Crippen LogP contribution in [0.2, 0.25) is 0 Å². The smallest absolute Gasteiger partial charge is 0.419 e. The molecule has 3 N–H and O–H groups in total. The second-order valence-electron chi connectivity index (χ2n) is 4.13. The zero-order chi connectivity index (χ0) is 15.8. The van der Waals surface area contributed by atoms with Crippen molar-refractivity contribution in [3.63, 3.8) is 0 Å². The summed E-state index contributed by atoms with van der Waals surface area (Å²) in [5.74, 6) is -2.98. The Morgan fingerprint density at radius 2 is 1.86 bits per heavy atom. The van der Waals surface area contributed by atoms with Crippen molar-refractivity contribution in [3.8, 4) is 11.1 Å². The van der Waals surface area contributed by atoms with Gasteiger partial charge in [0, 0.05) is 5.56 Å². The summed E-state index contributed by atoms with van der Waals surface area (Å²) in [6.45, 7) is 0. The lowest BCUT2D eigenvalue weighted by molar-refractivity contribution is -0.139. The van der Waals surface area contributed by atoms with E-state index in [0.717, 1.165) is 6.07 Å². The minimum absolute atomic E-state index is 0.0813. The molecule has 0 unspecified atom stereocenters. The van der Waals surface area contributed by atoms with Gasteiger partial charge in [0.05, 0.1) is 5.56 Å². The standard InChI is InChI=1S/C13H8F4N2O2/c14-9-3-1-6(5-8(9)13(15,16)17)7-2-4-10(18)19-11(7)12(20)21/h1-5H,(H2,18,19)(H,20,21). The van der Waals surface area contributed by atoms with Crippen LogP contribution >= 0.6 is 0 Å². The SMILES string of the molecule is Nc1ccc(-c2ccc(F)c(C(F)(F)F)c2)c(C(=O)O)n1. The first-order chi connectivity index (χ1) is 9.70. The van der Waals surface area contributed by atoms with Gasteiger partial charge in [0.1, 0.15) is 11.6 Å². The molecule has 0 atom stereocenters. The predicted molar refractivity (Wildman–Crippen MR) is 66.0 cm³/mol. The van der Waals surface area contributed by atoms with E-state index in [-0.39, 0.29) is 16.9 Å². The van der Waals surface area contributed by atoms with E-state index >= 15 is 0 Å². The number of pyridine rings is 1. The number of hydrogen-bond acceptors (Lipinski definition) is 3. The average Bonchev–Trinajstić information content (AvgIpc) is 2.38. The van der Waals surface area contributed by atoms with Crippen molar-refractivity contribution in [1.29, 1.82) is 0 Å². The minimum Gasteiger partial charge on any atom is -0.476 e. The van der Waals surface area contributed by atoms with Crippen LogP contribution in [-0.2, 0) is 6.18 Å². The molecule has 8 heteroatoms. The van der Waals surface area contributed by atoms with E-state index in [1.807, 2.05) is 0 Å². The summed E-state index contributed by atoms with van der Waals surface area (Å²) in [5, 5.41) is 9.02. The Morgan fingerprint density at radius 1 is 1.19 bits per heavy atom. The Morgan fingerprint density at radius 3 is 2.43 bits per heavy atom. The maximum absolute atomic E-state index is 13.2. The van der Waals surface area contributed by atoms with Gasteiger partial charge in [0.2, 0.25) is 0 Å². The molecule has 0 radical (unpaired) electrons. The van der Waals surface area contributed by atoms with Crippen molar-refractivity contribution in [2.24, 2.45) is 0 Å². The number of anilines is 1. The highest BCUT2D eigenvalue weighted by atomic mass is 19.4. The van der Waals surface area contributed by atoms with Crippen LogP contribution in [0, 0.1) is 5.82 Å². The zero-order valence-corrected chi connectivity index (χ0v) is 10.3. The summed E-state index contributed by atoms with van der Waals surface area (Å²) >= 11 is 0. The maximum atomic E-state index is 13.2. The number of aromatic carboxylic acids is 1. The van der Waals surface area contributed by atoms with Gasteiger partial charge in [-0.25, -0.2) is 14.2 Å². The van der Waals surface area contributed by atoms with Crippen LogP contribution in [0.4, 0.5) is 23.4 Å². The summed E-state index contributed by atoms with van der Waals surface area (Å²) in [6, 6.07) is 4.68. The van der Waals surface area contributed by atoms with E-state index in [1.54, 1.807) is 0 Å². The van der Waals surface area contributed by atoms with Gasteiger partial charge in [-0.1, -0.05) is 6.07 Å². The van der Waals surface area contributed by atoms with Crippen LogP contribution in [0.15, 0.2) is 30.3 Å². The fourth-order valence-electron chi connectivity index (χ4n) is 1.78. The van der Waals surface area contributed by atoms with Crippen LogP contribution in [0.1, 0.15) is 16.1 Å². The zero-order valence-electron chi connectivity index (χ0n) is 10.3. The minimum atomic E-state index is -4.88. The van der Waals surface area contributed by atoms with Crippen LogP contribution in [0.25, 0.3) is 11.1 Å². The Labute approximate surface area is 115 Å². The van der Waals surface area contributed by atoms with Crippen LogP contribution in [0.3, 0.4) is 0 Å². The van der Waals surface area contributed by atoms with Crippen molar-refractivity contribution in [1.82, 2.24) is 4.98 Å². The molecule has 1 heterocycles. The van der Waals surface area contributed by atoms with Crippen molar-refractivity contribution in [2.75, 3.05) is 5.73 Å². The highest BCUT2D eigenvalue weighted by Gasteiger charge is 2.34. The van der Waals surface area contributed by atoms with Gasteiger partial charge in [-0.05, 0) is 29.8 Å². The molecule has 0 saturated carbocycles. The molecule has 0 fully saturated rings. The first-order valence-electron chi connectivity index (χ1n) is 5.57. The molecule has 0 aliphatic carbocycles. The molecule has 1 aromatic carbocycles. The van der Waals surface area contributed by atoms with Gasteiger partial charge in [0.15, 0.2) is 5.69 Å². The fraction of sp³-hybridized carbons (Fsp3) is 0.0769. The normalized spacial score (nSPS) is 11.4. The number of carboxylic acid groups (broad SMARTS) is 1. The van der Waals surface area contributed by atoms with Gasteiger partial charge < -0.3 is 10.8 Å². The fourth-order valence-corrected chi connectivity index (χ4v) is 1.78. The summed E-state index contributed by atoms with van der Waals surface area (Å²) in [6.07, 6.45) is -4.88. The number of nitrogens with zero attached hydrogens (tertiary/aromatic N) is 1. The summed E-state index contributed by atoms with van der Waals surface area (Å²) in [4.78, 5) is 14.6. The van der Waals surface area contributed by atoms with Crippen LogP contribution in [0.5, 0.6) is 0 Å². The molecule has 21 heavy (non-hydrogen) atoms. The number of benzene rings is 1. The number of nitrogen functional groups attached to an aromatic ring is 1. The third-order valence-electron chi connectivity index (χ3n) is 2.70. The lowest BCUT2D eigenvalue weighted by atomic mass is 10.0. The largest absolute Gasteiger partial charge is 0.476 e. The molecule has 0 spiro atoms. The van der Waals surface area contributed by atoms with Crippen molar-refractivity contribution < 1.29 is 27.5 Å². The van der Waals surface area contributed by atoms with E-state index in [4.69, 9.17) is 10.8 Å². The second kappa shape index (κ2) is 5.04. The summed E-state index contributed by atoms with van der Waals surface area (Å²) in [5.41, 5.74) is 3.17. The lowest BCUT2D eigenvalue weighted by Crippen LogP contribution is -2.09. The van der Waals surface area contributed by atoms with E-state index in [2.05, 4.69) is 4.98 Å². The molecule has 0 aliphatic heterocycles. The van der Waals surface area contributed by atoms with Gasteiger partial charge in [-0.2, -0.15) is 13.2 Å². The molecule has 2 aromatic rings. The number of hydrogen-bond donors (Lipinski definition) is 2. The first-order valence-corrected chi connectivity index (χ1v) is 5.57. The highest BCUT2D eigenvalue weighted by molar-refractivity contribution is 5.94. The van der Waals surface area contributed by atoms with E-state index in [9.17, 15) is 22.4 Å². The molecule has 0 amide bonds. The summed E-state index contributed by atoms with van der Waals surface area (Å²) < 4.78 is 51.3. The lowest BCUT2D eigenvalue weighted by Gasteiger charge is -2.11. The molecule has 0 bridgehead atoms. The van der Waals surface area contributed by atoms with Crippen molar-refractivity contribution in [3.05, 3.63) is 47.4 Å². The monoisotopic (exact) mass is 300 g/mol. The first kappa shape index (κ1) is 14.8. The van der Waals surface area contributed by atoms with E-state index in [1.165, 1.54) is 12.1 Å². The number of halogens is 4. The second-order valence-corrected chi connectivity index (χ2v) is 4.13. The average molecular weight is 300 g/mol. The van der Waals surface area contributed by atoms with Crippen LogP contribution in [-0.4, -0.2) is 16.1 Å². The van der Waals surface area contributed by atoms with Gasteiger partial charge >= 0.3 is 12.1 Å². The van der Waals surface area contributed by atoms with E-state index in [0.29, 0.717) is 12.1 Å². The predicted octanol–water partition coefficient (Wildman–Crippen LogP) is 3.19. The van der Waals surface area contributed by atoms with Crippen molar-refractivity contribution >= 4 is 11.8 Å². The Balaban J connectivity index is 2.66. The molecule has 2 rings (SSSR count). The number of carbonyl (C=O) groups is 1. The number of aromatic nitrogens is 1. The van der Waals surface area contributed by atoms with E-state index < -0.39 is 29.2 Å². The quantitative estimate of drug-likeness (QED) is 0.835.